The third-order valence-electron chi connectivity index (χ3n) is 4.08. The molecule has 1 heterocycles. The van der Waals surface area contributed by atoms with Crippen molar-refractivity contribution < 1.29 is 0 Å². The van der Waals surface area contributed by atoms with Gasteiger partial charge in [-0.15, -0.1) is 11.8 Å². The fraction of sp³-hybridized carbons (Fsp3) is 0.350. The number of hydrogen-bond donors (Lipinski definition) is 0. The van der Waals surface area contributed by atoms with Crippen LogP contribution in [0.25, 0.3) is 11.0 Å². The number of para-hydroxylation sites is 2. The average molecular weight is 324 g/mol. The quantitative estimate of drug-likeness (QED) is 0.379. The summed E-state index contributed by atoms with van der Waals surface area (Å²) in [4.78, 5) is 6.17. The molecule has 0 amide bonds. The van der Waals surface area contributed by atoms with Crippen molar-refractivity contribution in [3.05, 3.63) is 60.4 Å². The summed E-state index contributed by atoms with van der Waals surface area (Å²) in [6.45, 7) is 3.33. The Kier molecular flexibility index (Phi) is 5.76. The summed E-state index contributed by atoms with van der Waals surface area (Å²) in [5.41, 5.74) is 2.39. The van der Waals surface area contributed by atoms with Gasteiger partial charge in [-0.25, -0.2) is 4.98 Å². The highest BCUT2D eigenvalue weighted by Crippen LogP contribution is 2.25. The molecule has 3 aromatic rings. The van der Waals surface area contributed by atoms with Gasteiger partial charge in [0.15, 0.2) is 0 Å². The number of imidazole rings is 1. The summed E-state index contributed by atoms with van der Waals surface area (Å²) >= 11 is 1.86. The molecule has 2 nitrogen and oxygen atoms in total. The lowest BCUT2D eigenvalue weighted by Gasteiger charge is -2.09. The maximum absolute atomic E-state index is 4.87. The van der Waals surface area contributed by atoms with Crippen molar-refractivity contribution in [1.82, 2.24) is 9.55 Å². The summed E-state index contributed by atoms with van der Waals surface area (Å²) in [5.74, 6) is 2.11. The second-order valence-corrected chi connectivity index (χ2v) is 6.88. The van der Waals surface area contributed by atoms with E-state index < -0.39 is 0 Å². The molecule has 0 aliphatic heterocycles. The molecular weight excluding hydrogens is 300 g/mol. The minimum atomic E-state index is 0.923. The summed E-state index contributed by atoms with van der Waals surface area (Å²) in [6, 6.07) is 19.1. The normalized spacial score (nSPS) is 11.2. The van der Waals surface area contributed by atoms with Crippen molar-refractivity contribution in [3.63, 3.8) is 0 Å². The van der Waals surface area contributed by atoms with E-state index in [1.807, 2.05) is 11.8 Å². The monoisotopic (exact) mass is 324 g/mol. The topological polar surface area (TPSA) is 17.8 Å². The van der Waals surface area contributed by atoms with E-state index in [-0.39, 0.29) is 0 Å². The number of fused-ring (bicyclic) bond motifs is 1. The standard InChI is InChI=1S/C20H24N2S/c1-2-3-4-10-15-22-19-14-9-8-13-18(19)21-20(22)16-23-17-11-6-5-7-12-17/h5-9,11-14H,2-4,10,15-16H2,1H3. The Labute approximate surface area is 142 Å². The fourth-order valence-electron chi connectivity index (χ4n) is 2.85. The zero-order valence-electron chi connectivity index (χ0n) is 13.7. The largest absolute Gasteiger partial charge is 0.327 e. The first-order chi connectivity index (χ1) is 11.4. The van der Waals surface area contributed by atoms with Crippen LogP contribution in [0.4, 0.5) is 0 Å². The van der Waals surface area contributed by atoms with Gasteiger partial charge in [-0.3, -0.25) is 0 Å². The molecule has 0 spiro atoms. The fourth-order valence-corrected chi connectivity index (χ4v) is 3.71. The van der Waals surface area contributed by atoms with Gasteiger partial charge in [0.25, 0.3) is 0 Å². The lowest BCUT2D eigenvalue weighted by molar-refractivity contribution is 0.581. The predicted octanol–water partition coefficient (Wildman–Crippen LogP) is 5.91. The first-order valence-electron chi connectivity index (χ1n) is 8.50. The molecule has 120 valence electrons. The minimum Gasteiger partial charge on any atom is -0.327 e. The van der Waals surface area contributed by atoms with Crippen LogP contribution in [0.3, 0.4) is 0 Å². The van der Waals surface area contributed by atoms with E-state index in [0.717, 1.165) is 17.8 Å². The van der Waals surface area contributed by atoms with E-state index in [0.29, 0.717) is 0 Å². The average Bonchev–Trinajstić information content (AvgIpc) is 2.95. The molecule has 0 N–H and O–H groups in total. The zero-order valence-corrected chi connectivity index (χ0v) is 14.6. The van der Waals surface area contributed by atoms with Crippen LogP contribution in [0.2, 0.25) is 0 Å². The zero-order chi connectivity index (χ0) is 15.9. The van der Waals surface area contributed by atoms with E-state index in [9.17, 15) is 0 Å². The molecule has 1 aromatic heterocycles. The number of nitrogens with zero attached hydrogens (tertiary/aromatic N) is 2. The highest BCUT2D eigenvalue weighted by atomic mass is 32.2. The third-order valence-corrected chi connectivity index (χ3v) is 5.09. The Bertz CT molecular complexity index is 734. The van der Waals surface area contributed by atoms with E-state index in [2.05, 4.69) is 66.1 Å². The number of hydrogen-bond acceptors (Lipinski definition) is 2. The molecule has 23 heavy (non-hydrogen) atoms. The van der Waals surface area contributed by atoms with Crippen LogP contribution in [-0.2, 0) is 12.3 Å². The molecule has 0 saturated heterocycles. The number of unbranched alkanes of at least 4 members (excludes halogenated alkanes) is 3. The molecule has 0 fully saturated rings. The Morgan fingerprint density at radius 3 is 2.52 bits per heavy atom. The van der Waals surface area contributed by atoms with Crippen molar-refractivity contribution in [3.8, 4) is 0 Å². The molecule has 0 aliphatic rings. The van der Waals surface area contributed by atoms with Gasteiger partial charge < -0.3 is 4.57 Å². The molecule has 0 unspecified atom stereocenters. The third kappa shape index (κ3) is 4.17. The number of benzene rings is 2. The highest BCUT2D eigenvalue weighted by molar-refractivity contribution is 7.98. The van der Waals surface area contributed by atoms with Gasteiger partial charge >= 0.3 is 0 Å². The number of thioether (sulfide) groups is 1. The molecule has 2 aromatic carbocycles. The maximum atomic E-state index is 4.87. The summed E-state index contributed by atoms with van der Waals surface area (Å²) in [5, 5.41) is 0. The minimum absolute atomic E-state index is 0.923. The van der Waals surface area contributed by atoms with Crippen molar-refractivity contribution in [2.45, 2.75) is 49.8 Å². The van der Waals surface area contributed by atoms with Crippen molar-refractivity contribution in [2.24, 2.45) is 0 Å². The van der Waals surface area contributed by atoms with Crippen LogP contribution in [0.15, 0.2) is 59.5 Å². The summed E-state index contributed by atoms with van der Waals surface area (Å²) in [7, 11) is 0. The van der Waals surface area contributed by atoms with Gasteiger partial charge in [0.2, 0.25) is 0 Å². The Morgan fingerprint density at radius 1 is 0.913 bits per heavy atom. The van der Waals surface area contributed by atoms with Crippen LogP contribution >= 0.6 is 11.8 Å². The van der Waals surface area contributed by atoms with Crippen LogP contribution in [0, 0.1) is 0 Å². The predicted molar refractivity (Wildman–Crippen MR) is 99.9 cm³/mol. The lowest BCUT2D eigenvalue weighted by Crippen LogP contribution is -2.03. The number of aromatic nitrogens is 2. The van der Waals surface area contributed by atoms with Crippen LogP contribution in [0.5, 0.6) is 0 Å². The molecule has 0 bridgehead atoms. The first kappa shape index (κ1) is 16.1. The van der Waals surface area contributed by atoms with Crippen molar-refractivity contribution >= 4 is 22.8 Å². The van der Waals surface area contributed by atoms with Gasteiger partial charge in [0.05, 0.1) is 16.8 Å². The van der Waals surface area contributed by atoms with Crippen molar-refractivity contribution in [2.75, 3.05) is 0 Å². The second-order valence-electron chi connectivity index (χ2n) is 5.83. The highest BCUT2D eigenvalue weighted by Gasteiger charge is 2.10. The number of aryl methyl sites for hydroxylation is 1. The van der Waals surface area contributed by atoms with Crippen LogP contribution < -0.4 is 0 Å². The van der Waals surface area contributed by atoms with E-state index in [4.69, 9.17) is 4.98 Å². The first-order valence-corrected chi connectivity index (χ1v) is 9.49. The van der Waals surface area contributed by atoms with E-state index >= 15 is 0 Å². The molecule has 0 radical (unpaired) electrons. The lowest BCUT2D eigenvalue weighted by atomic mass is 10.2. The van der Waals surface area contributed by atoms with Gasteiger partial charge in [-0.1, -0.05) is 56.5 Å². The summed E-state index contributed by atoms with van der Waals surface area (Å²) in [6.07, 6.45) is 5.13. The second kappa shape index (κ2) is 8.21. The van der Waals surface area contributed by atoms with Gasteiger partial charge in [0.1, 0.15) is 5.82 Å². The smallest absolute Gasteiger partial charge is 0.120 e. The van der Waals surface area contributed by atoms with Gasteiger partial charge in [-0.2, -0.15) is 0 Å². The molecule has 0 saturated carbocycles. The Hall–Kier alpha value is -1.74. The summed E-state index contributed by atoms with van der Waals surface area (Å²) < 4.78 is 2.42. The SMILES string of the molecule is CCCCCCn1c(CSc2ccccc2)nc2ccccc21. The Balaban J connectivity index is 1.77. The maximum Gasteiger partial charge on any atom is 0.120 e. The van der Waals surface area contributed by atoms with Gasteiger partial charge in [0, 0.05) is 11.4 Å². The molecule has 3 heteroatoms. The van der Waals surface area contributed by atoms with Crippen molar-refractivity contribution in [1.29, 1.82) is 0 Å². The van der Waals surface area contributed by atoms with Gasteiger partial charge in [-0.05, 0) is 30.7 Å². The molecule has 3 rings (SSSR count). The van der Waals surface area contributed by atoms with E-state index in [1.165, 1.54) is 41.9 Å². The Morgan fingerprint density at radius 2 is 1.70 bits per heavy atom. The molecule has 0 atom stereocenters. The van der Waals surface area contributed by atoms with Crippen LogP contribution in [0.1, 0.15) is 38.4 Å². The van der Waals surface area contributed by atoms with E-state index in [1.54, 1.807) is 0 Å². The number of rotatable bonds is 8. The van der Waals surface area contributed by atoms with Crippen LogP contribution in [-0.4, -0.2) is 9.55 Å². The molecule has 0 aliphatic carbocycles. The molecular formula is C20H24N2S.